The smallest absolute Gasteiger partial charge is 0.387 e. The minimum Gasteiger partial charge on any atom is -0.435 e. The highest BCUT2D eigenvalue weighted by molar-refractivity contribution is 5.78. The second-order valence-corrected chi connectivity index (χ2v) is 6.79. The highest BCUT2D eigenvalue weighted by Crippen LogP contribution is 2.25. The lowest BCUT2D eigenvalue weighted by atomic mass is 9.95. The van der Waals surface area contributed by atoms with Gasteiger partial charge in [0, 0.05) is 11.6 Å². The maximum absolute atomic E-state index is 12.2. The number of alkyl halides is 2. The van der Waals surface area contributed by atoms with Crippen LogP contribution in [0.4, 0.5) is 8.78 Å². The fraction of sp³-hybridized carbons (Fsp3) is 0.526. The molecule has 1 saturated carbocycles. The summed E-state index contributed by atoms with van der Waals surface area (Å²) in [5.41, 5.74) is 2.13. The largest absolute Gasteiger partial charge is 0.435 e. The van der Waals surface area contributed by atoms with Gasteiger partial charge in [0.1, 0.15) is 37.0 Å². The van der Waals surface area contributed by atoms with Gasteiger partial charge in [0.15, 0.2) is 0 Å². The number of halogens is 2. The quantitative estimate of drug-likeness (QED) is 0.740. The summed E-state index contributed by atoms with van der Waals surface area (Å²) < 4.78 is 29.4. The van der Waals surface area contributed by atoms with E-state index in [1.807, 2.05) is 18.3 Å². The Morgan fingerprint density at radius 3 is 2.56 bits per heavy atom. The van der Waals surface area contributed by atoms with Gasteiger partial charge in [0.25, 0.3) is 0 Å². The number of benzene rings is 1. The van der Waals surface area contributed by atoms with Gasteiger partial charge in [-0.1, -0.05) is 24.4 Å². The summed E-state index contributed by atoms with van der Waals surface area (Å²) in [6.07, 6.45) is 10.5. The molecule has 4 nitrogen and oxygen atoms in total. The van der Waals surface area contributed by atoms with Crippen molar-refractivity contribution >= 4 is 6.21 Å². The van der Waals surface area contributed by atoms with E-state index in [1.165, 1.54) is 32.1 Å². The minimum atomic E-state index is -2.79. The molecule has 136 valence electrons. The van der Waals surface area contributed by atoms with Crippen LogP contribution < -0.4 is 10.1 Å². The zero-order valence-electron chi connectivity index (χ0n) is 14.6. The van der Waals surface area contributed by atoms with Crippen molar-refractivity contribution in [2.75, 3.05) is 6.54 Å². The Hall–Kier alpha value is -1.95. The summed E-state index contributed by atoms with van der Waals surface area (Å²) in [7, 11) is 0. The van der Waals surface area contributed by atoms with Crippen LogP contribution in [0.3, 0.4) is 0 Å². The molecular formula is C19H26F2N3O+. The Morgan fingerprint density at radius 2 is 1.92 bits per heavy atom. The van der Waals surface area contributed by atoms with Crippen LogP contribution in [0.15, 0.2) is 41.3 Å². The number of hydrogen-bond donors (Lipinski definition) is 1. The number of nitrogens with zero attached hydrogens (tertiary/aromatic N) is 2. The van der Waals surface area contributed by atoms with Crippen LogP contribution in [-0.4, -0.2) is 30.0 Å². The third kappa shape index (κ3) is 4.78. The van der Waals surface area contributed by atoms with Crippen molar-refractivity contribution in [3.05, 3.63) is 41.7 Å². The highest BCUT2D eigenvalue weighted by atomic mass is 19.3. The molecule has 1 atom stereocenters. The van der Waals surface area contributed by atoms with Crippen LogP contribution in [0.25, 0.3) is 0 Å². The second-order valence-electron chi connectivity index (χ2n) is 6.79. The van der Waals surface area contributed by atoms with Crippen molar-refractivity contribution in [2.24, 2.45) is 5.10 Å². The molecule has 1 aliphatic heterocycles. The van der Waals surface area contributed by atoms with E-state index in [1.54, 1.807) is 12.1 Å². The molecule has 1 aromatic carbocycles. The maximum atomic E-state index is 12.2. The zero-order valence-corrected chi connectivity index (χ0v) is 14.6. The van der Waals surface area contributed by atoms with E-state index in [-0.39, 0.29) is 5.75 Å². The van der Waals surface area contributed by atoms with E-state index < -0.39 is 6.61 Å². The molecule has 0 amide bonds. The van der Waals surface area contributed by atoms with Crippen LogP contribution in [-0.2, 0) is 6.54 Å². The van der Waals surface area contributed by atoms with Gasteiger partial charge in [0.2, 0.25) is 0 Å². The van der Waals surface area contributed by atoms with Crippen molar-refractivity contribution in [3.8, 4) is 5.75 Å². The monoisotopic (exact) mass is 350 g/mol. The lowest BCUT2D eigenvalue weighted by Crippen LogP contribution is -2.35. The van der Waals surface area contributed by atoms with Gasteiger partial charge in [0.05, 0.1) is 0 Å². The Bertz CT molecular complexity index is 624. The first-order valence-corrected chi connectivity index (χ1v) is 9.04. The van der Waals surface area contributed by atoms with Gasteiger partial charge in [-0.3, -0.25) is 0 Å². The Labute approximate surface area is 147 Å². The van der Waals surface area contributed by atoms with E-state index in [9.17, 15) is 8.78 Å². The summed E-state index contributed by atoms with van der Waals surface area (Å²) >= 11 is 0. The Kier molecular flexibility index (Phi) is 5.68. The fourth-order valence-electron chi connectivity index (χ4n) is 3.52. The number of allylic oxidation sites excluding steroid dienone is 1. The predicted octanol–water partition coefficient (Wildman–Crippen LogP) is 4.39. The standard InChI is InChI=1S/C19H26F2N3O/c1-2-24(13-15-8-10-18(11-9-15)25-19(20)21)14-17(12-22-24)23-16-6-4-3-5-7-16/h8-12,14,16,19,23H,2-7,13H2,1H3/q+1. The first-order chi connectivity index (χ1) is 12.1. The van der Waals surface area contributed by atoms with Crippen LogP contribution in [0, 0.1) is 0 Å². The van der Waals surface area contributed by atoms with Crippen LogP contribution in [0.5, 0.6) is 5.75 Å². The normalized spacial score (nSPS) is 23.8. The van der Waals surface area contributed by atoms with E-state index >= 15 is 0 Å². The molecule has 1 fully saturated rings. The predicted molar refractivity (Wildman–Crippen MR) is 94.2 cm³/mol. The lowest BCUT2D eigenvalue weighted by molar-refractivity contribution is -0.895. The van der Waals surface area contributed by atoms with Gasteiger partial charge < -0.3 is 10.1 Å². The number of nitrogens with one attached hydrogen (secondary N) is 1. The number of ether oxygens (including phenoxy) is 1. The minimum absolute atomic E-state index is 0.182. The molecule has 0 spiro atoms. The molecule has 1 heterocycles. The van der Waals surface area contributed by atoms with E-state index in [0.29, 0.717) is 17.2 Å². The Balaban J connectivity index is 1.64. The molecule has 25 heavy (non-hydrogen) atoms. The fourth-order valence-corrected chi connectivity index (χ4v) is 3.52. The van der Waals surface area contributed by atoms with Crippen LogP contribution in [0.2, 0.25) is 0 Å². The van der Waals surface area contributed by atoms with Gasteiger partial charge in [-0.15, -0.1) is 0 Å². The van der Waals surface area contributed by atoms with Crippen LogP contribution in [0.1, 0.15) is 44.6 Å². The highest BCUT2D eigenvalue weighted by Gasteiger charge is 2.30. The molecule has 6 heteroatoms. The van der Waals surface area contributed by atoms with Gasteiger partial charge in [-0.05, 0) is 44.0 Å². The van der Waals surface area contributed by atoms with Crippen molar-refractivity contribution in [2.45, 2.75) is 58.2 Å². The van der Waals surface area contributed by atoms with Gasteiger partial charge in [-0.25, -0.2) is 0 Å². The number of hydrogen-bond acceptors (Lipinski definition) is 3. The van der Waals surface area contributed by atoms with E-state index in [4.69, 9.17) is 5.10 Å². The average Bonchev–Trinajstić information content (AvgIpc) is 3.00. The molecule has 0 bridgehead atoms. The summed E-state index contributed by atoms with van der Waals surface area (Å²) in [4.78, 5) is 0. The zero-order chi connectivity index (χ0) is 17.7. The Morgan fingerprint density at radius 1 is 1.20 bits per heavy atom. The summed E-state index contributed by atoms with van der Waals surface area (Å²) in [5, 5.41) is 8.32. The molecule has 0 aromatic heterocycles. The first-order valence-electron chi connectivity index (χ1n) is 9.04. The molecule has 1 aliphatic carbocycles. The SMILES string of the molecule is CC[N+]1(Cc2ccc(OC(F)F)cc2)C=C(NC2CCCCC2)C=N1. The summed E-state index contributed by atoms with van der Waals surface area (Å²) in [5.74, 6) is 0.182. The number of rotatable bonds is 7. The van der Waals surface area contributed by atoms with Crippen molar-refractivity contribution < 1.29 is 18.1 Å². The van der Waals surface area contributed by atoms with Gasteiger partial charge in [-0.2, -0.15) is 13.4 Å². The van der Waals surface area contributed by atoms with E-state index in [0.717, 1.165) is 17.8 Å². The van der Waals surface area contributed by atoms with Crippen molar-refractivity contribution in [1.82, 2.24) is 5.32 Å². The third-order valence-electron chi connectivity index (χ3n) is 4.93. The lowest BCUT2D eigenvalue weighted by Gasteiger charge is -2.25. The van der Waals surface area contributed by atoms with Gasteiger partial charge >= 0.3 is 6.61 Å². The topological polar surface area (TPSA) is 33.6 Å². The average molecular weight is 350 g/mol. The summed E-state index contributed by atoms with van der Waals surface area (Å²) in [6.45, 7) is 0.838. The molecule has 3 rings (SSSR count). The molecule has 1 aromatic rings. The summed E-state index contributed by atoms with van der Waals surface area (Å²) in [6, 6.07) is 7.36. The molecular weight excluding hydrogens is 324 g/mol. The van der Waals surface area contributed by atoms with E-state index in [2.05, 4.69) is 23.2 Å². The van der Waals surface area contributed by atoms with Crippen molar-refractivity contribution in [1.29, 1.82) is 0 Å². The van der Waals surface area contributed by atoms with Crippen LogP contribution >= 0.6 is 0 Å². The first kappa shape index (κ1) is 17.9. The molecule has 1 unspecified atom stereocenters. The maximum Gasteiger partial charge on any atom is 0.387 e. The molecule has 2 aliphatic rings. The second kappa shape index (κ2) is 7.95. The molecule has 0 saturated heterocycles. The van der Waals surface area contributed by atoms with Crippen molar-refractivity contribution in [3.63, 3.8) is 0 Å². The molecule has 0 radical (unpaired) electrons. The molecule has 1 N–H and O–H groups in total. The third-order valence-corrected chi connectivity index (χ3v) is 4.93. The number of quaternary nitrogens is 1.